The van der Waals surface area contributed by atoms with E-state index in [0.29, 0.717) is 6.61 Å². The van der Waals surface area contributed by atoms with E-state index in [-0.39, 0.29) is 0 Å². The molecule has 0 amide bonds. The third-order valence-corrected chi connectivity index (χ3v) is 3.17. The first-order chi connectivity index (χ1) is 10.0. The SMILES string of the molecule is CCCCOc1ccc(-c2ccc(C(F)(F)F)cc2)cc1. The highest BCUT2D eigenvalue weighted by Crippen LogP contribution is 2.31. The molecule has 2 aromatic rings. The Morgan fingerprint density at radius 3 is 1.86 bits per heavy atom. The number of hydrogen-bond acceptors (Lipinski definition) is 1. The highest BCUT2D eigenvalue weighted by atomic mass is 19.4. The van der Waals surface area contributed by atoms with Crippen molar-refractivity contribution in [1.29, 1.82) is 0 Å². The van der Waals surface area contributed by atoms with Gasteiger partial charge in [-0.05, 0) is 41.8 Å². The maximum absolute atomic E-state index is 12.5. The van der Waals surface area contributed by atoms with Crippen LogP contribution in [-0.2, 0) is 6.18 Å². The molecule has 0 spiro atoms. The lowest BCUT2D eigenvalue weighted by Crippen LogP contribution is -2.03. The fraction of sp³-hybridized carbons (Fsp3) is 0.294. The summed E-state index contributed by atoms with van der Waals surface area (Å²) in [5, 5.41) is 0. The standard InChI is InChI=1S/C17H17F3O/c1-2-3-12-21-16-10-6-14(7-11-16)13-4-8-15(9-5-13)17(18,19)20/h4-11H,2-3,12H2,1H3. The molecule has 0 aliphatic carbocycles. The number of ether oxygens (including phenoxy) is 1. The fourth-order valence-electron chi connectivity index (χ4n) is 1.93. The van der Waals surface area contributed by atoms with Gasteiger partial charge in [0.2, 0.25) is 0 Å². The molecule has 1 nitrogen and oxygen atoms in total. The maximum atomic E-state index is 12.5. The predicted molar refractivity (Wildman–Crippen MR) is 77.3 cm³/mol. The highest BCUT2D eigenvalue weighted by molar-refractivity contribution is 5.64. The normalized spacial score (nSPS) is 11.4. The van der Waals surface area contributed by atoms with Crippen molar-refractivity contribution in [3.05, 3.63) is 54.1 Å². The number of unbranched alkanes of at least 4 members (excludes halogenated alkanes) is 1. The van der Waals surface area contributed by atoms with E-state index in [4.69, 9.17) is 4.74 Å². The van der Waals surface area contributed by atoms with Gasteiger partial charge in [-0.2, -0.15) is 13.2 Å². The van der Waals surface area contributed by atoms with Gasteiger partial charge in [-0.25, -0.2) is 0 Å². The van der Waals surface area contributed by atoms with Crippen molar-refractivity contribution < 1.29 is 17.9 Å². The third kappa shape index (κ3) is 4.25. The zero-order valence-corrected chi connectivity index (χ0v) is 11.8. The molecule has 4 heteroatoms. The quantitative estimate of drug-likeness (QED) is 0.657. The van der Waals surface area contributed by atoms with Gasteiger partial charge in [0.1, 0.15) is 5.75 Å². The number of halogens is 3. The Hall–Kier alpha value is -1.97. The molecule has 0 aliphatic heterocycles. The van der Waals surface area contributed by atoms with Crippen LogP contribution >= 0.6 is 0 Å². The zero-order valence-electron chi connectivity index (χ0n) is 11.8. The Labute approximate surface area is 122 Å². The number of benzene rings is 2. The Morgan fingerprint density at radius 1 is 0.857 bits per heavy atom. The molecule has 0 saturated heterocycles. The van der Waals surface area contributed by atoms with E-state index in [2.05, 4.69) is 6.92 Å². The molecule has 0 radical (unpaired) electrons. The van der Waals surface area contributed by atoms with Gasteiger partial charge >= 0.3 is 6.18 Å². The molecule has 0 unspecified atom stereocenters. The smallest absolute Gasteiger partial charge is 0.416 e. The largest absolute Gasteiger partial charge is 0.494 e. The van der Waals surface area contributed by atoms with Gasteiger partial charge in [-0.15, -0.1) is 0 Å². The van der Waals surface area contributed by atoms with Gasteiger partial charge in [0, 0.05) is 0 Å². The fourth-order valence-corrected chi connectivity index (χ4v) is 1.93. The topological polar surface area (TPSA) is 9.23 Å². The van der Waals surface area contributed by atoms with E-state index in [1.54, 1.807) is 0 Å². The minimum atomic E-state index is -4.30. The minimum Gasteiger partial charge on any atom is -0.494 e. The lowest BCUT2D eigenvalue weighted by Gasteiger charge is -2.09. The molecular weight excluding hydrogens is 277 g/mol. The van der Waals surface area contributed by atoms with Crippen LogP contribution in [-0.4, -0.2) is 6.61 Å². The van der Waals surface area contributed by atoms with Crippen LogP contribution in [0.3, 0.4) is 0 Å². The van der Waals surface area contributed by atoms with Gasteiger partial charge in [0.25, 0.3) is 0 Å². The molecule has 0 N–H and O–H groups in total. The second kappa shape index (κ2) is 6.66. The summed E-state index contributed by atoms with van der Waals surface area (Å²) in [6.07, 6.45) is -2.22. The lowest BCUT2D eigenvalue weighted by atomic mass is 10.0. The molecule has 0 saturated carbocycles. The summed E-state index contributed by atoms with van der Waals surface area (Å²) in [7, 11) is 0. The summed E-state index contributed by atoms with van der Waals surface area (Å²) in [6.45, 7) is 2.77. The van der Waals surface area contributed by atoms with Crippen LogP contribution in [0.1, 0.15) is 25.3 Å². The van der Waals surface area contributed by atoms with Crippen LogP contribution in [0.4, 0.5) is 13.2 Å². The summed E-state index contributed by atoms with van der Waals surface area (Å²) < 4.78 is 43.1. The molecular formula is C17H17F3O. The van der Waals surface area contributed by atoms with Crippen molar-refractivity contribution >= 4 is 0 Å². The first-order valence-electron chi connectivity index (χ1n) is 6.91. The summed E-state index contributed by atoms with van der Waals surface area (Å²) in [5.41, 5.74) is 0.987. The van der Waals surface area contributed by atoms with Crippen LogP contribution < -0.4 is 4.74 Å². The third-order valence-electron chi connectivity index (χ3n) is 3.17. The number of alkyl halides is 3. The van der Waals surface area contributed by atoms with Crippen molar-refractivity contribution in [3.8, 4) is 16.9 Å². The lowest BCUT2D eigenvalue weighted by molar-refractivity contribution is -0.137. The summed E-state index contributed by atoms with van der Waals surface area (Å²) in [6, 6.07) is 12.5. The van der Waals surface area contributed by atoms with Gasteiger partial charge in [-0.1, -0.05) is 37.6 Å². The first kappa shape index (κ1) is 15.4. The molecule has 2 rings (SSSR count). The molecule has 0 atom stereocenters. The van der Waals surface area contributed by atoms with Crippen molar-refractivity contribution in [3.63, 3.8) is 0 Å². The van der Waals surface area contributed by atoms with Crippen molar-refractivity contribution in [1.82, 2.24) is 0 Å². The minimum absolute atomic E-state index is 0.634. The van der Waals surface area contributed by atoms with E-state index in [1.807, 2.05) is 24.3 Å². The summed E-state index contributed by atoms with van der Waals surface area (Å²) >= 11 is 0. The van der Waals surface area contributed by atoms with E-state index < -0.39 is 11.7 Å². The Kier molecular flexibility index (Phi) is 4.89. The molecule has 21 heavy (non-hydrogen) atoms. The van der Waals surface area contributed by atoms with Crippen LogP contribution in [0.25, 0.3) is 11.1 Å². The first-order valence-corrected chi connectivity index (χ1v) is 6.91. The zero-order chi connectivity index (χ0) is 15.3. The molecule has 112 valence electrons. The molecule has 0 aromatic heterocycles. The summed E-state index contributed by atoms with van der Waals surface area (Å²) in [5.74, 6) is 0.777. The van der Waals surface area contributed by atoms with Crippen LogP contribution in [0.15, 0.2) is 48.5 Å². The molecule has 0 aliphatic rings. The Balaban J connectivity index is 2.08. The van der Waals surface area contributed by atoms with E-state index >= 15 is 0 Å². The van der Waals surface area contributed by atoms with Gasteiger partial charge in [0.15, 0.2) is 0 Å². The molecule has 2 aromatic carbocycles. The van der Waals surface area contributed by atoms with Gasteiger partial charge in [0.05, 0.1) is 12.2 Å². The van der Waals surface area contributed by atoms with E-state index in [1.165, 1.54) is 12.1 Å². The predicted octanol–water partition coefficient (Wildman–Crippen LogP) is 5.55. The Bertz CT molecular complexity index is 556. The number of rotatable bonds is 5. The van der Waals surface area contributed by atoms with Gasteiger partial charge < -0.3 is 4.74 Å². The van der Waals surface area contributed by atoms with Gasteiger partial charge in [-0.3, -0.25) is 0 Å². The molecule has 0 bridgehead atoms. The van der Waals surface area contributed by atoms with Crippen LogP contribution in [0.5, 0.6) is 5.75 Å². The summed E-state index contributed by atoms with van der Waals surface area (Å²) in [4.78, 5) is 0. The van der Waals surface area contributed by atoms with E-state index in [0.717, 1.165) is 41.9 Å². The second-order valence-electron chi connectivity index (χ2n) is 4.80. The van der Waals surface area contributed by atoms with Crippen LogP contribution in [0.2, 0.25) is 0 Å². The van der Waals surface area contributed by atoms with Crippen LogP contribution in [0, 0.1) is 0 Å². The average molecular weight is 294 g/mol. The Morgan fingerprint density at radius 2 is 1.38 bits per heavy atom. The number of hydrogen-bond donors (Lipinski definition) is 0. The van der Waals surface area contributed by atoms with Crippen molar-refractivity contribution in [2.45, 2.75) is 25.9 Å². The van der Waals surface area contributed by atoms with Crippen molar-refractivity contribution in [2.75, 3.05) is 6.61 Å². The molecule has 0 fully saturated rings. The van der Waals surface area contributed by atoms with Crippen molar-refractivity contribution in [2.24, 2.45) is 0 Å². The highest BCUT2D eigenvalue weighted by Gasteiger charge is 2.29. The second-order valence-corrected chi connectivity index (χ2v) is 4.80. The maximum Gasteiger partial charge on any atom is 0.416 e. The average Bonchev–Trinajstić information content (AvgIpc) is 2.48. The van der Waals surface area contributed by atoms with E-state index in [9.17, 15) is 13.2 Å². The molecule has 0 heterocycles. The monoisotopic (exact) mass is 294 g/mol.